The average molecular weight is 503 g/mol. The van der Waals surface area contributed by atoms with Gasteiger partial charge in [-0.2, -0.15) is 14.6 Å². The summed E-state index contributed by atoms with van der Waals surface area (Å²) in [6, 6.07) is 8.55. The summed E-state index contributed by atoms with van der Waals surface area (Å²) >= 11 is 0. The van der Waals surface area contributed by atoms with E-state index in [0.29, 0.717) is 5.56 Å². The Morgan fingerprint density at radius 2 is 1.91 bits per heavy atom. The molecule has 0 amide bonds. The Kier molecular flexibility index (Phi) is 7.41. The van der Waals surface area contributed by atoms with E-state index >= 15 is 0 Å². The molecule has 4 rings (SSSR count). The van der Waals surface area contributed by atoms with E-state index in [1.807, 2.05) is 0 Å². The maximum Gasteiger partial charge on any atom is 0.353 e. The number of fused-ring (bicyclic) bond motifs is 1. The van der Waals surface area contributed by atoms with Crippen LogP contribution in [0.5, 0.6) is 0 Å². The van der Waals surface area contributed by atoms with Gasteiger partial charge in [-0.05, 0) is 32.1 Å². The SMILES string of the molecule is CCOP(=O)(C=C[C@@H]1CC(OC(=O)c2ccccc2)[C@H](n2nnc3c(N)nc(N)nc32)O1)OCC. The molecule has 0 aliphatic carbocycles. The topological polar surface area (TPSA) is 180 Å². The van der Waals surface area contributed by atoms with E-state index in [9.17, 15) is 9.36 Å². The lowest BCUT2D eigenvalue weighted by molar-refractivity contribution is -0.0447. The van der Waals surface area contributed by atoms with Crippen LogP contribution in [0, 0.1) is 0 Å². The molecule has 3 atom stereocenters. The maximum atomic E-state index is 12.8. The van der Waals surface area contributed by atoms with Gasteiger partial charge < -0.3 is 30.0 Å². The van der Waals surface area contributed by atoms with Gasteiger partial charge in [-0.1, -0.05) is 23.4 Å². The molecule has 3 heterocycles. The summed E-state index contributed by atoms with van der Waals surface area (Å²) in [5.74, 6) is 0.794. The minimum atomic E-state index is -3.46. The lowest BCUT2D eigenvalue weighted by atomic mass is 10.2. The number of rotatable bonds is 9. The van der Waals surface area contributed by atoms with E-state index in [1.165, 1.54) is 10.5 Å². The summed E-state index contributed by atoms with van der Waals surface area (Å²) in [4.78, 5) is 20.9. The third kappa shape index (κ3) is 5.49. The summed E-state index contributed by atoms with van der Waals surface area (Å²) in [7, 11) is -3.46. The van der Waals surface area contributed by atoms with Crippen LogP contribution >= 0.6 is 7.60 Å². The highest BCUT2D eigenvalue weighted by Gasteiger charge is 2.41. The van der Waals surface area contributed by atoms with E-state index in [2.05, 4.69) is 20.3 Å². The second-order valence-corrected chi connectivity index (χ2v) is 9.39. The van der Waals surface area contributed by atoms with Gasteiger partial charge in [0.2, 0.25) is 5.95 Å². The minimum Gasteiger partial charge on any atom is -0.454 e. The van der Waals surface area contributed by atoms with Crippen molar-refractivity contribution in [2.75, 3.05) is 24.7 Å². The summed E-state index contributed by atoms with van der Waals surface area (Å²) in [5.41, 5.74) is 12.5. The van der Waals surface area contributed by atoms with Gasteiger partial charge in [-0.25, -0.2) is 4.79 Å². The molecule has 0 spiro atoms. The number of hydrogen-bond donors (Lipinski definition) is 2. The summed E-state index contributed by atoms with van der Waals surface area (Å²) in [6.07, 6.45) is -0.534. The molecule has 1 saturated heterocycles. The van der Waals surface area contributed by atoms with E-state index in [1.54, 1.807) is 50.3 Å². The van der Waals surface area contributed by atoms with E-state index < -0.39 is 32.0 Å². The van der Waals surface area contributed by atoms with Crippen LogP contribution in [0.3, 0.4) is 0 Å². The van der Waals surface area contributed by atoms with Crippen molar-refractivity contribution < 1.29 is 27.9 Å². The monoisotopic (exact) mass is 503 g/mol. The molecule has 1 fully saturated rings. The van der Waals surface area contributed by atoms with E-state index in [4.69, 9.17) is 30.0 Å². The zero-order valence-electron chi connectivity index (χ0n) is 19.2. The lowest BCUT2D eigenvalue weighted by Crippen LogP contribution is -2.26. The molecule has 35 heavy (non-hydrogen) atoms. The number of carbonyl (C=O) groups is 1. The number of nitrogen functional groups attached to an aromatic ring is 2. The number of nitrogens with two attached hydrogens (primary N) is 2. The van der Waals surface area contributed by atoms with Crippen LogP contribution in [-0.4, -0.2) is 56.4 Å². The molecule has 1 aliphatic heterocycles. The van der Waals surface area contributed by atoms with Crippen LogP contribution in [-0.2, 0) is 23.1 Å². The van der Waals surface area contributed by atoms with Crippen molar-refractivity contribution in [3.63, 3.8) is 0 Å². The summed E-state index contributed by atoms with van der Waals surface area (Å²) < 4.78 is 36.7. The fraction of sp³-hybridized carbons (Fsp3) is 0.381. The lowest BCUT2D eigenvalue weighted by Gasteiger charge is -2.19. The third-order valence-electron chi connectivity index (χ3n) is 5.08. The molecule has 186 valence electrons. The summed E-state index contributed by atoms with van der Waals surface area (Å²) in [6.45, 7) is 3.85. The van der Waals surface area contributed by atoms with Crippen LogP contribution in [0.1, 0.15) is 36.9 Å². The number of hydrogen-bond acceptors (Lipinski definition) is 12. The Bertz CT molecular complexity index is 1260. The normalized spacial score (nSPS) is 20.6. The minimum absolute atomic E-state index is 0.0559. The number of esters is 1. The fourth-order valence-corrected chi connectivity index (χ4v) is 4.99. The standard InChI is InChI=1S/C21H26N7O6P/c1-3-31-35(30,32-4-2)11-10-14-12-15(34-20(29)13-8-6-5-7-9-13)19(33-14)28-18-16(26-27-28)17(22)24-21(23)25-18/h5-11,14-15,19H,3-4,12H2,1-2H3,(H4,22,23,24,25)/t14-,15?,19-/m1/s1. The molecule has 1 aromatic carbocycles. The predicted molar refractivity (Wildman–Crippen MR) is 126 cm³/mol. The second kappa shape index (κ2) is 10.5. The second-order valence-electron chi connectivity index (χ2n) is 7.50. The first-order chi connectivity index (χ1) is 16.8. The molecule has 1 aliphatic rings. The Hall–Kier alpha value is -3.38. The zero-order valence-corrected chi connectivity index (χ0v) is 20.1. The van der Waals surface area contributed by atoms with Gasteiger partial charge in [0.25, 0.3) is 0 Å². The Morgan fingerprint density at radius 1 is 1.20 bits per heavy atom. The van der Waals surface area contributed by atoms with Gasteiger partial charge in [0.05, 0.1) is 24.9 Å². The van der Waals surface area contributed by atoms with Crippen molar-refractivity contribution in [1.29, 1.82) is 0 Å². The highest BCUT2D eigenvalue weighted by molar-refractivity contribution is 7.57. The number of nitrogens with zero attached hydrogens (tertiary/aromatic N) is 5. The molecule has 14 heteroatoms. The number of carbonyl (C=O) groups excluding carboxylic acids is 1. The molecule has 0 bridgehead atoms. The smallest absolute Gasteiger partial charge is 0.353 e. The highest BCUT2D eigenvalue weighted by atomic mass is 31.2. The Morgan fingerprint density at radius 3 is 2.60 bits per heavy atom. The van der Waals surface area contributed by atoms with Gasteiger partial charge in [-0.15, -0.1) is 5.10 Å². The van der Waals surface area contributed by atoms with Crippen molar-refractivity contribution in [3.05, 3.63) is 47.8 Å². The van der Waals surface area contributed by atoms with Crippen LogP contribution in [0.15, 0.2) is 42.2 Å². The van der Waals surface area contributed by atoms with Crippen molar-refractivity contribution >= 4 is 36.5 Å². The quantitative estimate of drug-likeness (QED) is 0.322. The number of ether oxygens (including phenoxy) is 2. The van der Waals surface area contributed by atoms with E-state index in [0.717, 1.165) is 0 Å². The largest absolute Gasteiger partial charge is 0.454 e. The van der Waals surface area contributed by atoms with Crippen molar-refractivity contribution in [2.45, 2.75) is 38.7 Å². The molecule has 4 N–H and O–H groups in total. The van der Waals surface area contributed by atoms with Crippen LogP contribution < -0.4 is 11.5 Å². The fourth-order valence-electron chi connectivity index (χ4n) is 3.62. The Labute approximate surface area is 200 Å². The predicted octanol–water partition coefficient (Wildman–Crippen LogP) is 2.68. The van der Waals surface area contributed by atoms with Crippen LogP contribution in [0.2, 0.25) is 0 Å². The number of benzene rings is 1. The first-order valence-corrected chi connectivity index (χ1v) is 12.6. The molecule has 3 aromatic rings. The molecule has 0 saturated carbocycles. The zero-order chi connectivity index (χ0) is 25.0. The van der Waals surface area contributed by atoms with Gasteiger partial charge >= 0.3 is 13.6 Å². The van der Waals surface area contributed by atoms with Crippen molar-refractivity contribution in [2.24, 2.45) is 0 Å². The van der Waals surface area contributed by atoms with Gasteiger partial charge in [0.15, 0.2) is 29.3 Å². The van der Waals surface area contributed by atoms with E-state index in [-0.39, 0.29) is 42.6 Å². The molecular formula is C21H26N7O6P. The number of aromatic nitrogens is 5. The molecule has 2 aromatic heterocycles. The third-order valence-corrected chi connectivity index (χ3v) is 6.85. The van der Waals surface area contributed by atoms with Gasteiger partial charge in [0.1, 0.15) is 0 Å². The molecule has 1 unspecified atom stereocenters. The average Bonchev–Trinajstić information content (AvgIpc) is 3.42. The van der Waals surface area contributed by atoms with Gasteiger partial charge in [-0.3, -0.25) is 4.57 Å². The maximum absolute atomic E-state index is 12.8. The van der Waals surface area contributed by atoms with Gasteiger partial charge in [0, 0.05) is 12.2 Å². The Balaban J connectivity index is 1.65. The highest BCUT2D eigenvalue weighted by Crippen LogP contribution is 2.50. The molecule has 13 nitrogen and oxygen atoms in total. The first kappa shape index (κ1) is 24.7. The van der Waals surface area contributed by atoms with Crippen LogP contribution in [0.4, 0.5) is 11.8 Å². The molecule has 0 radical (unpaired) electrons. The van der Waals surface area contributed by atoms with Crippen molar-refractivity contribution in [3.8, 4) is 0 Å². The number of anilines is 2. The first-order valence-electron chi connectivity index (χ1n) is 11.0. The van der Waals surface area contributed by atoms with Crippen LogP contribution in [0.25, 0.3) is 11.2 Å². The molecular weight excluding hydrogens is 477 g/mol. The van der Waals surface area contributed by atoms with Crippen molar-refractivity contribution in [1.82, 2.24) is 25.0 Å². The summed E-state index contributed by atoms with van der Waals surface area (Å²) in [5, 5.41) is 8.11.